The summed E-state index contributed by atoms with van der Waals surface area (Å²) in [5.41, 5.74) is 3.34. The lowest BCUT2D eigenvalue weighted by atomic mass is 10.1. The Labute approximate surface area is 140 Å². The molecule has 1 N–H and O–H groups in total. The van der Waals surface area contributed by atoms with Gasteiger partial charge in [-0.25, -0.2) is 0 Å². The summed E-state index contributed by atoms with van der Waals surface area (Å²) in [6.07, 6.45) is 3.77. The average molecular weight is 318 g/mol. The molecule has 0 atom stereocenters. The molecule has 0 bridgehead atoms. The summed E-state index contributed by atoms with van der Waals surface area (Å²) in [4.78, 5) is 0. The Balaban J connectivity index is 1.94. The Morgan fingerprint density at radius 3 is 2.33 bits per heavy atom. The number of hydrogen-bond acceptors (Lipinski definition) is 3. The fourth-order valence-electron chi connectivity index (χ4n) is 2.98. The van der Waals surface area contributed by atoms with Crippen molar-refractivity contribution in [1.29, 1.82) is 0 Å². The van der Waals surface area contributed by atoms with Crippen molar-refractivity contribution in [2.24, 2.45) is 0 Å². The van der Waals surface area contributed by atoms with E-state index in [0.29, 0.717) is 12.3 Å². The molecule has 0 unspecified atom stereocenters. The van der Waals surface area contributed by atoms with E-state index in [1.54, 1.807) is 4.68 Å². The molecule has 3 aromatic rings. The highest BCUT2D eigenvalue weighted by atomic mass is 16.5. The lowest BCUT2D eigenvalue weighted by Gasteiger charge is -2.18. The second kappa shape index (κ2) is 6.24. The minimum absolute atomic E-state index is 0.182. The van der Waals surface area contributed by atoms with Crippen LogP contribution >= 0.6 is 0 Å². The molecule has 1 aliphatic rings. The van der Waals surface area contributed by atoms with Gasteiger partial charge in [0.25, 0.3) is 0 Å². The molecule has 120 valence electrons. The first kappa shape index (κ1) is 14.6. The molecule has 2 aromatic carbocycles. The van der Waals surface area contributed by atoms with E-state index in [9.17, 15) is 5.11 Å². The number of hydrogen-bond donors (Lipinski definition) is 1. The maximum Gasteiger partial charge on any atom is 0.220 e. The number of aliphatic hydroxyl groups is 1. The molecule has 0 radical (unpaired) electrons. The number of benzene rings is 2. The SMILES string of the molecule is O/C(=C(/c1ccccc1)n1ncc2c1OCCC2)c1ccccc1. The van der Waals surface area contributed by atoms with Crippen LogP contribution in [0.15, 0.2) is 66.9 Å². The standard InChI is InChI=1S/C20H18N2O2/c23-19(16-10-5-2-6-11-16)18(15-8-3-1-4-9-15)22-20-17(14-21-22)12-7-13-24-20/h1-6,8-11,14,23H,7,12-13H2/b19-18-. The van der Waals surface area contributed by atoms with E-state index in [1.165, 1.54) is 0 Å². The van der Waals surface area contributed by atoms with Crippen molar-refractivity contribution in [3.8, 4) is 5.88 Å². The Hall–Kier alpha value is -3.01. The molecule has 4 heteroatoms. The monoisotopic (exact) mass is 318 g/mol. The van der Waals surface area contributed by atoms with Crippen molar-refractivity contribution >= 4 is 11.5 Å². The first-order valence-corrected chi connectivity index (χ1v) is 8.09. The summed E-state index contributed by atoms with van der Waals surface area (Å²) < 4.78 is 7.55. The Morgan fingerprint density at radius 1 is 0.958 bits per heavy atom. The number of nitrogens with zero attached hydrogens (tertiary/aromatic N) is 2. The molecule has 1 aromatic heterocycles. The summed E-state index contributed by atoms with van der Waals surface area (Å²) >= 11 is 0. The maximum absolute atomic E-state index is 11.0. The van der Waals surface area contributed by atoms with Crippen LogP contribution in [0.2, 0.25) is 0 Å². The molecule has 0 amide bonds. The molecule has 0 saturated carbocycles. The van der Waals surface area contributed by atoms with Crippen molar-refractivity contribution in [3.05, 3.63) is 83.6 Å². The van der Waals surface area contributed by atoms with E-state index < -0.39 is 0 Å². The van der Waals surface area contributed by atoms with Gasteiger partial charge < -0.3 is 9.84 Å². The highest BCUT2D eigenvalue weighted by Crippen LogP contribution is 2.33. The lowest BCUT2D eigenvalue weighted by Crippen LogP contribution is -2.13. The number of aryl methyl sites for hydroxylation is 1. The summed E-state index contributed by atoms with van der Waals surface area (Å²) in [5.74, 6) is 0.907. The molecular weight excluding hydrogens is 300 g/mol. The van der Waals surface area contributed by atoms with Crippen LogP contribution in [0.5, 0.6) is 5.88 Å². The molecule has 1 aliphatic heterocycles. The van der Waals surface area contributed by atoms with Crippen LogP contribution in [0.25, 0.3) is 11.5 Å². The van der Waals surface area contributed by atoms with Gasteiger partial charge in [0.05, 0.1) is 12.8 Å². The van der Waals surface area contributed by atoms with Gasteiger partial charge in [-0.15, -0.1) is 0 Å². The van der Waals surface area contributed by atoms with E-state index in [4.69, 9.17) is 4.74 Å². The fourth-order valence-corrected chi connectivity index (χ4v) is 2.98. The van der Waals surface area contributed by atoms with E-state index in [1.807, 2.05) is 66.9 Å². The van der Waals surface area contributed by atoms with Crippen molar-refractivity contribution in [2.45, 2.75) is 12.8 Å². The number of aliphatic hydroxyl groups excluding tert-OH is 1. The predicted molar refractivity (Wildman–Crippen MR) is 93.8 cm³/mol. The topological polar surface area (TPSA) is 47.3 Å². The number of aromatic nitrogens is 2. The Morgan fingerprint density at radius 2 is 1.62 bits per heavy atom. The second-order valence-electron chi connectivity index (χ2n) is 5.77. The van der Waals surface area contributed by atoms with Crippen molar-refractivity contribution in [2.75, 3.05) is 6.61 Å². The van der Waals surface area contributed by atoms with Crippen LogP contribution in [-0.2, 0) is 6.42 Å². The third kappa shape index (κ3) is 2.56. The first-order chi connectivity index (χ1) is 11.8. The Bertz CT molecular complexity index is 867. The van der Waals surface area contributed by atoms with Crippen LogP contribution in [0.4, 0.5) is 0 Å². The second-order valence-corrected chi connectivity index (χ2v) is 5.77. The van der Waals surface area contributed by atoms with Gasteiger partial charge in [-0.1, -0.05) is 60.7 Å². The summed E-state index contributed by atoms with van der Waals surface area (Å²) in [6, 6.07) is 19.3. The molecular formula is C20H18N2O2. The van der Waals surface area contributed by atoms with Crippen LogP contribution in [0, 0.1) is 0 Å². The van der Waals surface area contributed by atoms with Gasteiger partial charge in [-0.05, 0) is 12.8 Å². The summed E-state index contributed by atoms with van der Waals surface area (Å²) in [5, 5.41) is 15.5. The number of ether oxygens (including phenoxy) is 1. The average Bonchev–Trinajstić information content (AvgIpc) is 3.07. The van der Waals surface area contributed by atoms with E-state index >= 15 is 0 Å². The third-order valence-corrected chi connectivity index (χ3v) is 4.16. The van der Waals surface area contributed by atoms with Gasteiger partial charge in [0.15, 0.2) is 0 Å². The van der Waals surface area contributed by atoms with E-state index in [2.05, 4.69) is 5.10 Å². The largest absolute Gasteiger partial charge is 0.505 e. The van der Waals surface area contributed by atoms with Gasteiger partial charge in [0, 0.05) is 16.7 Å². The normalized spacial score (nSPS) is 14.5. The minimum atomic E-state index is 0.182. The zero-order chi connectivity index (χ0) is 16.4. The molecule has 4 rings (SSSR count). The highest BCUT2D eigenvalue weighted by Gasteiger charge is 2.22. The van der Waals surface area contributed by atoms with Gasteiger partial charge >= 0.3 is 0 Å². The zero-order valence-electron chi connectivity index (χ0n) is 13.2. The summed E-state index contributed by atoms with van der Waals surface area (Å²) in [6.45, 7) is 0.673. The molecule has 0 spiro atoms. The molecule has 24 heavy (non-hydrogen) atoms. The van der Waals surface area contributed by atoms with Crippen LogP contribution < -0.4 is 4.74 Å². The maximum atomic E-state index is 11.0. The third-order valence-electron chi connectivity index (χ3n) is 4.16. The molecule has 4 nitrogen and oxygen atoms in total. The Kier molecular flexibility index (Phi) is 3.79. The molecule has 0 saturated heterocycles. The molecule has 0 fully saturated rings. The van der Waals surface area contributed by atoms with Crippen molar-refractivity contribution in [1.82, 2.24) is 9.78 Å². The minimum Gasteiger partial charge on any atom is -0.505 e. The van der Waals surface area contributed by atoms with Gasteiger partial charge in [-0.3, -0.25) is 0 Å². The van der Waals surface area contributed by atoms with Gasteiger partial charge in [0.1, 0.15) is 11.5 Å². The van der Waals surface area contributed by atoms with Crippen LogP contribution in [-0.4, -0.2) is 21.5 Å². The summed E-state index contributed by atoms with van der Waals surface area (Å²) in [7, 11) is 0. The van der Waals surface area contributed by atoms with Gasteiger partial charge in [-0.2, -0.15) is 9.78 Å². The van der Waals surface area contributed by atoms with Crippen LogP contribution in [0.1, 0.15) is 23.1 Å². The fraction of sp³-hybridized carbons (Fsp3) is 0.150. The van der Waals surface area contributed by atoms with E-state index in [0.717, 1.165) is 35.4 Å². The van der Waals surface area contributed by atoms with E-state index in [-0.39, 0.29) is 5.76 Å². The van der Waals surface area contributed by atoms with Crippen molar-refractivity contribution in [3.63, 3.8) is 0 Å². The smallest absolute Gasteiger partial charge is 0.220 e. The van der Waals surface area contributed by atoms with Crippen LogP contribution in [0.3, 0.4) is 0 Å². The first-order valence-electron chi connectivity index (χ1n) is 8.09. The number of fused-ring (bicyclic) bond motifs is 1. The quantitative estimate of drug-likeness (QED) is 0.583. The number of rotatable bonds is 3. The lowest BCUT2D eigenvalue weighted by molar-refractivity contribution is 0.270. The molecule has 2 heterocycles. The van der Waals surface area contributed by atoms with Crippen molar-refractivity contribution < 1.29 is 9.84 Å². The zero-order valence-corrected chi connectivity index (χ0v) is 13.2. The highest BCUT2D eigenvalue weighted by molar-refractivity contribution is 5.87. The molecule has 0 aliphatic carbocycles. The van der Waals surface area contributed by atoms with Gasteiger partial charge in [0.2, 0.25) is 5.88 Å². The predicted octanol–water partition coefficient (Wildman–Crippen LogP) is 4.14.